The van der Waals surface area contributed by atoms with Gasteiger partial charge in [0.15, 0.2) is 6.10 Å². The van der Waals surface area contributed by atoms with Crippen LogP contribution in [0.3, 0.4) is 0 Å². The highest BCUT2D eigenvalue weighted by atomic mass is 16.5. The molecule has 2 aromatic rings. The van der Waals surface area contributed by atoms with Gasteiger partial charge >= 0.3 is 5.97 Å². The molecule has 0 radical (unpaired) electrons. The van der Waals surface area contributed by atoms with Crippen molar-refractivity contribution in [3.63, 3.8) is 0 Å². The number of amides is 1. The zero-order valence-electron chi connectivity index (χ0n) is 15.6. The quantitative estimate of drug-likeness (QED) is 0.782. The maximum absolute atomic E-state index is 12.5. The molecule has 2 aromatic carbocycles. The van der Waals surface area contributed by atoms with Crippen LogP contribution in [0.15, 0.2) is 48.5 Å². The smallest absolute Gasteiger partial charge is 0.313 e. The summed E-state index contributed by atoms with van der Waals surface area (Å²) in [6.07, 6.45) is -0.0730. The normalized spacial score (nSPS) is 12.3. The molecular weight excluding hydrogens is 330 g/mol. The van der Waals surface area contributed by atoms with Crippen molar-refractivity contribution in [3.05, 3.63) is 59.7 Å². The number of carboxylic acid groups (broad SMARTS) is 1. The Bertz CT molecular complexity index is 781. The zero-order chi connectivity index (χ0) is 19.3. The van der Waals surface area contributed by atoms with Crippen LogP contribution >= 0.6 is 0 Å². The first-order valence-electron chi connectivity index (χ1n) is 8.62. The molecule has 138 valence electrons. The lowest BCUT2D eigenvalue weighted by molar-refractivity contribution is -0.142. The molecule has 0 aromatic heterocycles. The van der Waals surface area contributed by atoms with Crippen molar-refractivity contribution < 1.29 is 19.4 Å². The number of nitrogens with one attached hydrogen (secondary N) is 1. The highest BCUT2D eigenvalue weighted by Gasteiger charge is 2.29. The Morgan fingerprint density at radius 2 is 1.81 bits per heavy atom. The highest BCUT2D eigenvalue weighted by Crippen LogP contribution is 2.25. The van der Waals surface area contributed by atoms with Crippen molar-refractivity contribution in [2.75, 3.05) is 5.32 Å². The minimum atomic E-state index is -0.983. The second kappa shape index (κ2) is 8.04. The molecule has 1 unspecified atom stereocenters. The van der Waals surface area contributed by atoms with E-state index in [4.69, 9.17) is 4.74 Å². The fourth-order valence-corrected chi connectivity index (χ4v) is 2.49. The van der Waals surface area contributed by atoms with E-state index in [-0.39, 0.29) is 5.91 Å². The van der Waals surface area contributed by atoms with Gasteiger partial charge in [-0.1, -0.05) is 31.2 Å². The molecule has 2 rings (SSSR count). The van der Waals surface area contributed by atoms with E-state index in [0.717, 1.165) is 5.56 Å². The molecule has 5 nitrogen and oxygen atoms in total. The molecule has 0 bridgehead atoms. The predicted molar refractivity (Wildman–Crippen MR) is 102 cm³/mol. The first-order valence-corrected chi connectivity index (χ1v) is 8.62. The number of anilines is 1. The summed E-state index contributed by atoms with van der Waals surface area (Å²) in [5, 5.41) is 12.1. The molecule has 0 fully saturated rings. The molecule has 1 atom stereocenters. The molecule has 0 aliphatic carbocycles. The number of aryl methyl sites for hydroxylation is 1. The SMILES string of the molecule is CCC(Oc1cccc(C)c1)C(=O)Nc1ccc(C(C)(C)C(=O)O)cc1. The zero-order valence-corrected chi connectivity index (χ0v) is 15.6. The maximum Gasteiger partial charge on any atom is 0.313 e. The van der Waals surface area contributed by atoms with Crippen LogP contribution in [0, 0.1) is 6.92 Å². The third-order valence-electron chi connectivity index (χ3n) is 4.34. The molecule has 5 heteroatoms. The van der Waals surface area contributed by atoms with Crippen molar-refractivity contribution in [2.45, 2.75) is 45.6 Å². The summed E-state index contributed by atoms with van der Waals surface area (Å²) in [5.74, 6) is -0.475. The van der Waals surface area contributed by atoms with Crippen molar-refractivity contribution in [2.24, 2.45) is 0 Å². The van der Waals surface area contributed by atoms with Gasteiger partial charge in [0.1, 0.15) is 5.75 Å². The second-order valence-electron chi connectivity index (χ2n) is 6.83. The topological polar surface area (TPSA) is 75.6 Å². The molecule has 0 spiro atoms. The minimum Gasteiger partial charge on any atom is -0.481 e. The third-order valence-corrected chi connectivity index (χ3v) is 4.34. The van der Waals surface area contributed by atoms with Gasteiger partial charge in [0.25, 0.3) is 5.91 Å². The van der Waals surface area contributed by atoms with Crippen LogP contribution in [-0.4, -0.2) is 23.1 Å². The number of rotatable bonds is 7. The number of hydrogen-bond donors (Lipinski definition) is 2. The highest BCUT2D eigenvalue weighted by molar-refractivity contribution is 5.94. The van der Waals surface area contributed by atoms with Gasteiger partial charge in [-0.05, 0) is 62.6 Å². The lowest BCUT2D eigenvalue weighted by Crippen LogP contribution is -2.32. The van der Waals surface area contributed by atoms with Gasteiger partial charge in [0.05, 0.1) is 5.41 Å². The van der Waals surface area contributed by atoms with Crippen LogP contribution in [0.25, 0.3) is 0 Å². The Labute approximate surface area is 154 Å². The van der Waals surface area contributed by atoms with Crippen molar-refractivity contribution in [3.8, 4) is 5.75 Å². The van der Waals surface area contributed by atoms with Gasteiger partial charge in [-0.25, -0.2) is 0 Å². The van der Waals surface area contributed by atoms with Crippen LogP contribution in [0.2, 0.25) is 0 Å². The van der Waals surface area contributed by atoms with E-state index in [0.29, 0.717) is 23.4 Å². The number of aliphatic carboxylic acids is 1. The number of carboxylic acids is 1. The number of benzene rings is 2. The van der Waals surface area contributed by atoms with E-state index >= 15 is 0 Å². The summed E-state index contributed by atoms with van der Waals surface area (Å²) >= 11 is 0. The summed E-state index contributed by atoms with van der Waals surface area (Å²) in [4.78, 5) is 23.8. The Morgan fingerprint density at radius 3 is 2.35 bits per heavy atom. The average molecular weight is 355 g/mol. The number of ether oxygens (including phenoxy) is 1. The molecule has 26 heavy (non-hydrogen) atoms. The summed E-state index contributed by atoms with van der Waals surface area (Å²) in [6, 6.07) is 14.4. The van der Waals surface area contributed by atoms with E-state index in [9.17, 15) is 14.7 Å². The number of carbonyl (C=O) groups excluding carboxylic acids is 1. The predicted octanol–water partition coefficient (Wildman–Crippen LogP) is 4.15. The average Bonchev–Trinajstić information content (AvgIpc) is 2.60. The van der Waals surface area contributed by atoms with E-state index < -0.39 is 17.5 Å². The first kappa shape index (κ1) is 19.5. The molecule has 2 N–H and O–H groups in total. The van der Waals surface area contributed by atoms with E-state index in [1.807, 2.05) is 38.1 Å². The van der Waals surface area contributed by atoms with Crippen LogP contribution < -0.4 is 10.1 Å². The molecule has 1 amide bonds. The molecule has 0 aliphatic rings. The van der Waals surface area contributed by atoms with Crippen LogP contribution in [-0.2, 0) is 15.0 Å². The van der Waals surface area contributed by atoms with Gasteiger partial charge in [0.2, 0.25) is 0 Å². The van der Waals surface area contributed by atoms with E-state index in [2.05, 4.69) is 5.32 Å². The molecule has 0 saturated carbocycles. The van der Waals surface area contributed by atoms with Gasteiger partial charge in [-0.3, -0.25) is 9.59 Å². The Balaban J connectivity index is 2.06. The minimum absolute atomic E-state index is 0.237. The molecule has 0 aliphatic heterocycles. The Hall–Kier alpha value is -2.82. The summed E-state index contributed by atoms with van der Waals surface area (Å²) < 4.78 is 5.80. The lowest BCUT2D eigenvalue weighted by Gasteiger charge is -2.20. The monoisotopic (exact) mass is 355 g/mol. The van der Waals surface area contributed by atoms with Crippen molar-refractivity contribution >= 4 is 17.6 Å². The van der Waals surface area contributed by atoms with Gasteiger partial charge < -0.3 is 15.2 Å². The Morgan fingerprint density at radius 1 is 1.15 bits per heavy atom. The lowest BCUT2D eigenvalue weighted by atomic mass is 9.85. The fourth-order valence-electron chi connectivity index (χ4n) is 2.49. The van der Waals surface area contributed by atoms with Crippen LogP contribution in [0.4, 0.5) is 5.69 Å². The summed E-state index contributed by atoms with van der Waals surface area (Å²) in [7, 11) is 0. The molecular formula is C21H25NO4. The van der Waals surface area contributed by atoms with Crippen molar-refractivity contribution in [1.29, 1.82) is 0 Å². The largest absolute Gasteiger partial charge is 0.481 e. The fraction of sp³-hybridized carbons (Fsp3) is 0.333. The van der Waals surface area contributed by atoms with Gasteiger partial charge in [0, 0.05) is 5.69 Å². The number of carbonyl (C=O) groups is 2. The van der Waals surface area contributed by atoms with Gasteiger partial charge in [-0.15, -0.1) is 0 Å². The van der Waals surface area contributed by atoms with Crippen LogP contribution in [0.1, 0.15) is 38.3 Å². The first-order chi connectivity index (χ1) is 12.2. The Kier molecular flexibility index (Phi) is 6.03. The van der Waals surface area contributed by atoms with Gasteiger partial charge in [-0.2, -0.15) is 0 Å². The summed E-state index contributed by atoms with van der Waals surface area (Å²) in [5.41, 5.74) is 1.36. The van der Waals surface area contributed by atoms with Crippen LogP contribution in [0.5, 0.6) is 5.75 Å². The number of hydrogen-bond acceptors (Lipinski definition) is 3. The second-order valence-corrected chi connectivity index (χ2v) is 6.83. The standard InChI is InChI=1S/C21H25NO4/c1-5-18(26-17-8-6-7-14(2)13-17)19(23)22-16-11-9-15(10-12-16)21(3,4)20(24)25/h6-13,18H,5H2,1-4H3,(H,22,23)(H,24,25). The third kappa shape index (κ3) is 4.63. The van der Waals surface area contributed by atoms with Crippen molar-refractivity contribution in [1.82, 2.24) is 0 Å². The van der Waals surface area contributed by atoms with E-state index in [1.54, 1.807) is 38.1 Å². The molecule has 0 saturated heterocycles. The summed E-state index contributed by atoms with van der Waals surface area (Å²) in [6.45, 7) is 7.14. The maximum atomic E-state index is 12.5. The molecule has 0 heterocycles. The van der Waals surface area contributed by atoms with E-state index in [1.165, 1.54) is 0 Å².